The third-order valence-corrected chi connectivity index (χ3v) is 11.5. The van der Waals surface area contributed by atoms with E-state index in [0.29, 0.717) is 32.2 Å². The fourth-order valence-corrected chi connectivity index (χ4v) is 8.87. The van der Waals surface area contributed by atoms with Gasteiger partial charge in [-0.25, -0.2) is 17.7 Å². The van der Waals surface area contributed by atoms with Crippen molar-refractivity contribution in [2.24, 2.45) is 0 Å². The number of piperazine rings is 1. The van der Waals surface area contributed by atoms with Crippen LogP contribution in [0.2, 0.25) is 0 Å². The van der Waals surface area contributed by atoms with Gasteiger partial charge in [0.15, 0.2) is 0 Å². The molecular formula is C35H40N6O6S. The summed E-state index contributed by atoms with van der Waals surface area (Å²) in [5.41, 5.74) is -1.13. The number of para-hydroxylation sites is 1. The highest BCUT2D eigenvalue weighted by Gasteiger charge is 2.59. The lowest BCUT2D eigenvalue weighted by molar-refractivity contribution is -0.137. The Kier molecular flexibility index (Phi) is 9.42. The first kappa shape index (κ1) is 33.4. The van der Waals surface area contributed by atoms with Crippen LogP contribution in [0.5, 0.6) is 11.6 Å². The quantitative estimate of drug-likeness (QED) is 0.334. The molecule has 4 heterocycles. The molecule has 0 aliphatic carbocycles. The van der Waals surface area contributed by atoms with Crippen molar-refractivity contribution in [3.05, 3.63) is 77.5 Å². The summed E-state index contributed by atoms with van der Waals surface area (Å²) in [6.45, 7) is 6.46. The number of sulfonamides is 1. The van der Waals surface area contributed by atoms with Crippen molar-refractivity contribution in [2.75, 3.05) is 64.3 Å². The van der Waals surface area contributed by atoms with Gasteiger partial charge in [0, 0.05) is 50.4 Å². The summed E-state index contributed by atoms with van der Waals surface area (Å²) in [7, 11) is -1.09. The maximum absolute atomic E-state index is 15.1. The molecule has 252 valence electrons. The van der Waals surface area contributed by atoms with Gasteiger partial charge in [0.05, 0.1) is 31.0 Å². The molecule has 48 heavy (non-hydrogen) atoms. The zero-order valence-corrected chi connectivity index (χ0v) is 28.3. The lowest BCUT2D eigenvalue weighted by atomic mass is 9.72. The van der Waals surface area contributed by atoms with E-state index < -0.39 is 21.3 Å². The fourth-order valence-electron chi connectivity index (χ4n) is 7.22. The van der Waals surface area contributed by atoms with Crippen LogP contribution in [0.1, 0.15) is 42.9 Å². The number of hydrogen-bond donors (Lipinski definition) is 0. The average molecular weight is 673 g/mol. The van der Waals surface area contributed by atoms with Crippen molar-refractivity contribution >= 4 is 27.5 Å². The topological polar surface area (TPSA) is 136 Å². The fraction of sp³-hybridized carbons (Fsp3) is 0.429. The number of carbonyl (C=O) groups is 2. The minimum absolute atomic E-state index is 0.0519. The number of fused-ring (bicyclic) bond motifs is 1. The largest absolute Gasteiger partial charge is 0.495 e. The van der Waals surface area contributed by atoms with Crippen LogP contribution in [0.15, 0.2) is 65.7 Å². The molecule has 2 saturated heterocycles. The second kappa shape index (κ2) is 13.5. The summed E-state index contributed by atoms with van der Waals surface area (Å²) in [4.78, 5) is 40.2. The molecule has 12 nitrogen and oxygen atoms in total. The second-order valence-electron chi connectivity index (χ2n) is 12.4. The van der Waals surface area contributed by atoms with Crippen molar-refractivity contribution in [1.29, 1.82) is 5.26 Å². The van der Waals surface area contributed by atoms with Gasteiger partial charge in [-0.15, -0.1) is 0 Å². The summed E-state index contributed by atoms with van der Waals surface area (Å²) >= 11 is 0. The molecular weight excluding hydrogens is 632 g/mol. The van der Waals surface area contributed by atoms with Crippen LogP contribution in [-0.2, 0) is 25.0 Å². The number of carbonyl (C=O) groups excluding carboxylic acids is 2. The highest BCUT2D eigenvalue weighted by molar-refractivity contribution is 7.93. The molecule has 3 aliphatic heterocycles. The van der Waals surface area contributed by atoms with E-state index in [1.807, 2.05) is 0 Å². The summed E-state index contributed by atoms with van der Waals surface area (Å²) in [5.74, 6) is -0.987. The van der Waals surface area contributed by atoms with E-state index in [0.717, 1.165) is 30.2 Å². The monoisotopic (exact) mass is 672 g/mol. The number of likely N-dealkylation sites (tertiary alicyclic amines) is 1. The standard InChI is InChI=1S/C35H40N6O6S/c1-4-47-33-27(8-7-15-37-33)35(23-32(42)40-20-18-39(19-21-40)26-13-16-38(2)17-14-26)28-22-25(24-36)11-12-29(28)41(34(35)43)48(44,45)31-10-6-5-9-30(31)46-3/h5-12,15,22,26H,4,13-14,16-21,23H2,1-3H3. The Morgan fingerprint density at radius 2 is 1.75 bits per heavy atom. The summed E-state index contributed by atoms with van der Waals surface area (Å²) in [6.07, 6.45) is 3.29. The Bertz CT molecular complexity index is 1850. The van der Waals surface area contributed by atoms with E-state index in [1.165, 1.54) is 43.6 Å². The van der Waals surface area contributed by atoms with Gasteiger partial charge < -0.3 is 19.3 Å². The Morgan fingerprint density at radius 1 is 1.02 bits per heavy atom. The highest BCUT2D eigenvalue weighted by atomic mass is 32.2. The summed E-state index contributed by atoms with van der Waals surface area (Å²) in [5, 5.41) is 9.92. The zero-order chi connectivity index (χ0) is 34.1. The SMILES string of the molecule is CCOc1ncccc1C1(CC(=O)N2CCN(C3CCN(C)CC3)CC2)C(=O)N(S(=O)(=O)c2ccccc2OC)c2ccc(C#N)cc21. The average Bonchev–Trinajstić information content (AvgIpc) is 3.36. The number of methoxy groups -OCH3 is 1. The van der Waals surface area contributed by atoms with Gasteiger partial charge in [-0.1, -0.05) is 18.2 Å². The Hall–Kier alpha value is -4.51. The first-order valence-electron chi connectivity index (χ1n) is 16.2. The predicted molar refractivity (Wildman–Crippen MR) is 178 cm³/mol. The van der Waals surface area contributed by atoms with Crippen LogP contribution < -0.4 is 13.8 Å². The molecule has 1 unspecified atom stereocenters. The van der Waals surface area contributed by atoms with E-state index in [1.54, 1.807) is 36.1 Å². The van der Waals surface area contributed by atoms with Gasteiger partial charge in [-0.05, 0) is 81.9 Å². The number of rotatable bonds is 9. The van der Waals surface area contributed by atoms with Crippen molar-refractivity contribution in [1.82, 2.24) is 19.7 Å². The number of benzene rings is 2. The number of nitriles is 1. The molecule has 1 aromatic heterocycles. The molecule has 0 N–H and O–H groups in total. The number of piperidine rings is 1. The van der Waals surface area contributed by atoms with Crippen molar-refractivity contribution in [2.45, 2.75) is 42.5 Å². The van der Waals surface area contributed by atoms with Crippen LogP contribution in [0.25, 0.3) is 0 Å². The molecule has 3 aliphatic rings. The van der Waals surface area contributed by atoms with Crippen LogP contribution in [0.3, 0.4) is 0 Å². The number of ether oxygens (including phenoxy) is 2. The van der Waals surface area contributed by atoms with E-state index >= 15 is 4.79 Å². The third kappa shape index (κ3) is 5.78. The van der Waals surface area contributed by atoms with Gasteiger partial charge in [0.2, 0.25) is 11.8 Å². The summed E-state index contributed by atoms with van der Waals surface area (Å²) in [6, 6.07) is 16.3. The number of amides is 2. The van der Waals surface area contributed by atoms with Gasteiger partial charge in [-0.2, -0.15) is 5.26 Å². The van der Waals surface area contributed by atoms with Gasteiger partial charge in [-0.3, -0.25) is 14.5 Å². The van der Waals surface area contributed by atoms with Crippen LogP contribution in [0, 0.1) is 11.3 Å². The first-order valence-corrected chi connectivity index (χ1v) is 17.7. The molecule has 2 fully saturated rings. The van der Waals surface area contributed by atoms with Crippen molar-refractivity contribution in [3.8, 4) is 17.7 Å². The second-order valence-corrected chi connectivity index (χ2v) is 14.1. The molecule has 0 bridgehead atoms. The Balaban J connectivity index is 1.45. The third-order valence-electron chi connectivity index (χ3n) is 9.74. The maximum atomic E-state index is 15.1. The van der Waals surface area contributed by atoms with Gasteiger partial charge >= 0.3 is 0 Å². The number of hydrogen-bond acceptors (Lipinski definition) is 10. The molecule has 6 rings (SSSR count). The smallest absolute Gasteiger partial charge is 0.274 e. The minimum atomic E-state index is -4.57. The number of nitrogens with zero attached hydrogens (tertiary/aromatic N) is 6. The number of anilines is 1. The number of pyridine rings is 1. The molecule has 3 aromatic rings. The van der Waals surface area contributed by atoms with Crippen LogP contribution >= 0.6 is 0 Å². The predicted octanol–water partition coefficient (Wildman–Crippen LogP) is 3.01. The molecule has 0 radical (unpaired) electrons. The Labute approximate surface area is 281 Å². The Morgan fingerprint density at radius 3 is 2.44 bits per heavy atom. The molecule has 1 atom stereocenters. The molecule has 13 heteroatoms. The normalized spacial score (nSPS) is 20.8. The maximum Gasteiger partial charge on any atom is 0.274 e. The van der Waals surface area contributed by atoms with E-state index in [2.05, 4.69) is 27.9 Å². The summed E-state index contributed by atoms with van der Waals surface area (Å²) < 4.78 is 41.0. The molecule has 0 spiro atoms. The van der Waals surface area contributed by atoms with Gasteiger partial charge in [0.1, 0.15) is 16.1 Å². The molecule has 0 saturated carbocycles. The molecule has 2 aromatic carbocycles. The van der Waals surface area contributed by atoms with Crippen molar-refractivity contribution in [3.63, 3.8) is 0 Å². The minimum Gasteiger partial charge on any atom is -0.495 e. The van der Waals surface area contributed by atoms with E-state index in [9.17, 15) is 18.5 Å². The highest BCUT2D eigenvalue weighted by Crippen LogP contribution is 2.53. The van der Waals surface area contributed by atoms with E-state index in [-0.39, 0.29) is 57.8 Å². The van der Waals surface area contributed by atoms with Crippen molar-refractivity contribution < 1.29 is 27.5 Å². The number of aromatic nitrogens is 1. The van der Waals surface area contributed by atoms with E-state index in [4.69, 9.17) is 9.47 Å². The first-order chi connectivity index (χ1) is 23.1. The lowest BCUT2D eigenvalue weighted by Gasteiger charge is -2.42. The lowest BCUT2D eigenvalue weighted by Crippen LogP contribution is -2.55. The van der Waals surface area contributed by atoms with Crippen LogP contribution in [-0.4, -0.2) is 106 Å². The molecule has 2 amide bonds. The van der Waals surface area contributed by atoms with Crippen LogP contribution in [0.4, 0.5) is 5.69 Å². The zero-order valence-electron chi connectivity index (χ0n) is 27.5. The van der Waals surface area contributed by atoms with Gasteiger partial charge in [0.25, 0.3) is 15.9 Å².